The molecule has 32 heavy (non-hydrogen) atoms. The Bertz CT molecular complexity index is 1080. The molecule has 0 aliphatic heterocycles. The summed E-state index contributed by atoms with van der Waals surface area (Å²) in [5.41, 5.74) is -1.96. The van der Waals surface area contributed by atoms with E-state index in [1.165, 1.54) is 23.4 Å². The van der Waals surface area contributed by atoms with E-state index in [0.717, 1.165) is 24.3 Å². The molecule has 0 spiro atoms. The summed E-state index contributed by atoms with van der Waals surface area (Å²) in [6, 6.07) is 8.55. The van der Waals surface area contributed by atoms with E-state index < -0.39 is 29.2 Å². The first-order valence-electron chi connectivity index (χ1n) is 9.46. The smallest absolute Gasteiger partial charge is 0.383 e. The number of aromatic nitrogens is 3. The Morgan fingerprint density at radius 2 is 1.88 bits per heavy atom. The molecule has 0 fully saturated rings. The van der Waals surface area contributed by atoms with Gasteiger partial charge in [-0.25, -0.2) is 9.67 Å². The summed E-state index contributed by atoms with van der Waals surface area (Å²) in [7, 11) is 0. The van der Waals surface area contributed by atoms with Crippen LogP contribution >= 0.6 is 23.2 Å². The zero-order valence-corrected chi connectivity index (χ0v) is 18.3. The highest BCUT2D eigenvalue weighted by molar-refractivity contribution is 6.35. The second-order valence-electron chi connectivity index (χ2n) is 7.33. The lowest BCUT2D eigenvalue weighted by atomic mass is 9.82. The molecule has 3 rings (SSSR count). The molecule has 11 heteroatoms. The van der Waals surface area contributed by atoms with E-state index in [2.05, 4.69) is 15.4 Å². The van der Waals surface area contributed by atoms with Crippen LogP contribution in [0, 0.1) is 5.92 Å². The van der Waals surface area contributed by atoms with Gasteiger partial charge in [0.1, 0.15) is 18.3 Å². The van der Waals surface area contributed by atoms with Gasteiger partial charge in [0.05, 0.1) is 12.1 Å². The number of carbonyl (C=O) groups excluding carboxylic acids is 1. The molecule has 0 saturated heterocycles. The number of carbonyl (C=O) groups is 1. The number of alkyl halides is 3. The Kier molecular flexibility index (Phi) is 7.12. The molecule has 0 bridgehead atoms. The highest BCUT2D eigenvalue weighted by Crippen LogP contribution is 2.37. The maximum atomic E-state index is 12.7. The van der Waals surface area contributed by atoms with Crippen LogP contribution in [-0.2, 0) is 18.3 Å². The topological polar surface area (TPSA) is 80.0 Å². The summed E-state index contributed by atoms with van der Waals surface area (Å²) >= 11 is 12.3. The lowest BCUT2D eigenvalue weighted by Crippen LogP contribution is -2.44. The third-order valence-electron chi connectivity index (χ3n) is 5.13. The van der Waals surface area contributed by atoms with Gasteiger partial charge in [0.15, 0.2) is 0 Å². The van der Waals surface area contributed by atoms with Crippen molar-refractivity contribution >= 4 is 29.1 Å². The predicted octanol–water partition coefficient (Wildman–Crippen LogP) is 4.56. The van der Waals surface area contributed by atoms with Crippen molar-refractivity contribution in [1.82, 2.24) is 20.1 Å². The van der Waals surface area contributed by atoms with E-state index in [-0.39, 0.29) is 23.7 Å². The molecule has 1 amide bonds. The zero-order valence-electron chi connectivity index (χ0n) is 16.8. The van der Waals surface area contributed by atoms with Crippen LogP contribution in [0.2, 0.25) is 10.0 Å². The average Bonchev–Trinajstić information content (AvgIpc) is 3.23. The van der Waals surface area contributed by atoms with E-state index >= 15 is 0 Å². The normalized spacial score (nSPS) is 14.6. The van der Waals surface area contributed by atoms with E-state index in [4.69, 9.17) is 23.2 Å². The Balaban J connectivity index is 1.79. The summed E-state index contributed by atoms with van der Waals surface area (Å²) in [4.78, 5) is 16.3. The number of amides is 1. The molecule has 0 radical (unpaired) electrons. The molecule has 170 valence electrons. The lowest BCUT2D eigenvalue weighted by molar-refractivity contribution is -0.137. The summed E-state index contributed by atoms with van der Waals surface area (Å²) in [5.74, 6) is -1.15. The first-order valence-corrected chi connectivity index (χ1v) is 10.2. The number of hydrogen-bond donors (Lipinski definition) is 2. The number of hydrogen-bond acceptors (Lipinski definition) is 4. The quantitative estimate of drug-likeness (QED) is 0.513. The molecule has 6 nitrogen and oxygen atoms in total. The zero-order chi connectivity index (χ0) is 23.5. The molecule has 0 aliphatic carbocycles. The first kappa shape index (κ1) is 24.0. The lowest BCUT2D eigenvalue weighted by Gasteiger charge is -2.35. The van der Waals surface area contributed by atoms with Crippen LogP contribution in [0.5, 0.6) is 0 Å². The van der Waals surface area contributed by atoms with Gasteiger partial charge in [-0.15, -0.1) is 0 Å². The largest absolute Gasteiger partial charge is 0.416 e. The molecule has 2 unspecified atom stereocenters. The highest BCUT2D eigenvalue weighted by atomic mass is 35.5. The summed E-state index contributed by atoms with van der Waals surface area (Å²) < 4.78 is 39.6. The average molecular weight is 487 g/mol. The highest BCUT2D eigenvalue weighted by Gasteiger charge is 2.38. The fraction of sp³-hybridized carbons (Fsp3) is 0.286. The molecule has 1 aromatic heterocycles. The van der Waals surface area contributed by atoms with E-state index in [1.54, 1.807) is 19.1 Å². The van der Waals surface area contributed by atoms with Crippen LogP contribution < -0.4 is 5.32 Å². The Morgan fingerprint density at radius 3 is 2.44 bits per heavy atom. The third-order valence-corrected chi connectivity index (χ3v) is 5.67. The molecular weight excluding hydrogens is 468 g/mol. The minimum atomic E-state index is -4.49. The fourth-order valence-corrected chi connectivity index (χ4v) is 3.81. The molecule has 1 heterocycles. The minimum absolute atomic E-state index is 0.00398. The minimum Gasteiger partial charge on any atom is -0.383 e. The third kappa shape index (κ3) is 5.40. The van der Waals surface area contributed by atoms with Crippen molar-refractivity contribution in [3.8, 4) is 0 Å². The molecular formula is C21H19Cl2F3N4O2. The first-order chi connectivity index (χ1) is 15.0. The Hall–Kier alpha value is -2.62. The number of nitrogens with zero attached hydrogens (tertiary/aromatic N) is 3. The van der Waals surface area contributed by atoms with Crippen LogP contribution in [-0.4, -0.2) is 32.3 Å². The standard InChI is InChI=1S/C21H19Cl2F3N4O2/c1-13(9-28-19(31)14-2-4-15(5-3-14)21(24,25)26)20(32,10-30-12-27-11-29-30)17-7-6-16(22)8-18(17)23/h2-8,11-13,32H,9-10H2,1H3,(H,28,31). The number of halogens is 5. The van der Waals surface area contributed by atoms with Gasteiger partial charge < -0.3 is 10.4 Å². The number of rotatable bonds is 7. The van der Waals surface area contributed by atoms with Gasteiger partial charge in [-0.2, -0.15) is 18.3 Å². The van der Waals surface area contributed by atoms with Gasteiger partial charge >= 0.3 is 6.18 Å². The number of nitrogens with one attached hydrogen (secondary N) is 1. The summed E-state index contributed by atoms with van der Waals surface area (Å²) in [6.45, 7) is 1.70. The van der Waals surface area contributed by atoms with Gasteiger partial charge in [0.25, 0.3) is 5.91 Å². The van der Waals surface area contributed by atoms with Crippen molar-refractivity contribution in [2.45, 2.75) is 25.2 Å². The van der Waals surface area contributed by atoms with Gasteiger partial charge in [0, 0.05) is 33.6 Å². The van der Waals surface area contributed by atoms with Crippen LogP contribution in [0.4, 0.5) is 13.2 Å². The van der Waals surface area contributed by atoms with Crippen LogP contribution in [0.15, 0.2) is 55.1 Å². The van der Waals surface area contributed by atoms with E-state index in [0.29, 0.717) is 10.6 Å². The Labute approximate surface area is 192 Å². The summed E-state index contributed by atoms with van der Waals surface area (Å²) in [6.07, 6.45) is -1.73. The predicted molar refractivity (Wildman–Crippen MR) is 113 cm³/mol. The van der Waals surface area contributed by atoms with Crippen LogP contribution in [0.25, 0.3) is 0 Å². The van der Waals surface area contributed by atoms with Crippen molar-refractivity contribution in [2.75, 3.05) is 6.54 Å². The number of aliphatic hydroxyl groups is 1. The van der Waals surface area contributed by atoms with Crippen LogP contribution in [0.1, 0.15) is 28.4 Å². The van der Waals surface area contributed by atoms with Gasteiger partial charge in [-0.1, -0.05) is 36.2 Å². The van der Waals surface area contributed by atoms with Gasteiger partial charge in [-0.05, 0) is 36.4 Å². The van der Waals surface area contributed by atoms with Crippen molar-refractivity contribution in [2.24, 2.45) is 5.92 Å². The maximum Gasteiger partial charge on any atom is 0.416 e. The van der Waals surface area contributed by atoms with E-state index in [1.807, 2.05) is 0 Å². The van der Waals surface area contributed by atoms with Crippen molar-refractivity contribution in [3.63, 3.8) is 0 Å². The van der Waals surface area contributed by atoms with Gasteiger partial charge in [0.2, 0.25) is 0 Å². The Morgan fingerprint density at radius 1 is 1.19 bits per heavy atom. The molecule has 2 atom stereocenters. The van der Waals surface area contributed by atoms with Crippen LogP contribution in [0.3, 0.4) is 0 Å². The maximum absolute atomic E-state index is 12.7. The number of benzene rings is 2. The second-order valence-corrected chi connectivity index (χ2v) is 8.17. The molecule has 2 N–H and O–H groups in total. The fourth-order valence-electron chi connectivity index (χ4n) is 3.24. The monoisotopic (exact) mass is 486 g/mol. The molecule has 3 aromatic rings. The molecule has 0 aliphatic rings. The van der Waals surface area contributed by atoms with E-state index in [9.17, 15) is 23.1 Å². The van der Waals surface area contributed by atoms with Crippen molar-refractivity contribution in [3.05, 3.63) is 81.9 Å². The molecule has 0 saturated carbocycles. The van der Waals surface area contributed by atoms with Crippen molar-refractivity contribution < 1.29 is 23.1 Å². The SMILES string of the molecule is CC(CNC(=O)c1ccc(C(F)(F)F)cc1)C(O)(Cn1cncn1)c1ccc(Cl)cc1Cl. The molecule has 2 aromatic carbocycles. The summed E-state index contributed by atoms with van der Waals surface area (Å²) in [5, 5.41) is 18.9. The van der Waals surface area contributed by atoms with Gasteiger partial charge in [-0.3, -0.25) is 4.79 Å². The second kappa shape index (κ2) is 9.48. The van der Waals surface area contributed by atoms with Crippen molar-refractivity contribution in [1.29, 1.82) is 0 Å².